The highest BCUT2D eigenvalue weighted by atomic mass is 35.5. The molecule has 2 amide bonds. The van der Waals surface area contributed by atoms with Crippen LogP contribution in [0.15, 0.2) is 29.6 Å². The van der Waals surface area contributed by atoms with Gasteiger partial charge >= 0.3 is 0 Å². The van der Waals surface area contributed by atoms with Crippen molar-refractivity contribution < 1.29 is 9.59 Å². The molecule has 0 bridgehead atoms. The van der Waals surface area contributed by atoms with E-state index in [2.05, 4.69) is 15.6 Å². The quantitative estimate of drug-likeness (QED) is 0.571. The van der Waals surface area contributed by atoms with Crippen molar-refractivity contribution in [2.24, 2.45) is 0 Å². The Morgan fingerprint density at radius 3 is 2.69 bits per heavy atom. The molecule has 3 heterocycles. The van der Waals surface area contributed by atoms with Gasteiger partial charge in [0.2, 0.25) is 11.8 Å². The molecule has 5 nitrogen and oxygen atoms in total. The molecular formula is C17H16ClN3O2S3. The number of thiophene rings is 2. The summed E-state index contributed by atoms with van der Waals surface area (Å²) in [5.74, 6) is -0.114. The standard InChI is InChI=1S/C17H16ClN3O2S3/c1-10(22)19-8-12-2-5-14(25-12)13-9-24-17(20-13)21-16(23)7-4-11-3-6-15(18)26-11/h2-3,5-6,9H,4,7-8H2,1H3,(H,19,22)(H,20,21,23). The maximum atomic E-state index is 12.1. The van der Waals surface area contributed by atoms with E-state index in [0.29, 0.717) is 24.5 Å². The number of carbonyl (C=O) groups is 2. The monoisotopic (exact) mass is 425 g/mol. The number of thiazole rings is 1. The minimum atomic E-state index is -0.0621. The van der Waals surface area contributed by atoms with Crippen molar-refractivity contribution in [1.82, 2.24) is 10.3 Å². The molecule has 0 aliphatic carbocycles. The van der Waals surface area contributed by atoms with Gasteiger partial charge in [-0.25, -0.2) is 4.98 Å². The minimum Gasteiger partial charge on any atom is -0.351 e. The summed E-state index contributed by atoms with van der Waals surface area (Å²) in [5.41, 5.74) is 0.828. The van der Waals surface area contributed by atoms with E-state index in [9.17, 15) is 9.59 Å². The van der Waals surface area contributed by atoms with Crippen molar-refractivity contribution in [3.8, 4) is 10.6 Å². The molecule has 0 saturated carbocycles. The van der Waals surface area contributed by atoms with Crippen LogP contribution in [0.4, 0.5) is 5.13 Å². The third-order valence-electron chi connectivity index (χ3n) is 3.40. The largest absolute Gasteiger partial charge is 0.351 e. The number of halogens is 1. The second kappa shape index (κ2) is 8.77. The van der Waals surface area contributed by atoms with E-state index >= 15 is 0 Å². The first-order chi connectivity index (χ1) is 12.5. The van der Waals surface area contributed by atoms with Crippen molar-refractivity contribution in [3.05, 3.63) is 43.7 Å². The van der Waals surface area contributed by atoms with Gasteiger partial charge in [-0.2, -0.15) is 0 Å². The van der Waals surface area contributed by atoms with Crippen molar-refractivity contribution >= 4 is 62.6 Å². The number of rotatable bonds is 7. The fraction of sp³-hybridized carbons (Fsp3) is 0.235. The third kappa shape index (κ3) is 5.38. The van der Waals surface area contributed by atoms with E-state index in [1.807, 2.05) is 29.6 Å². The van der Waals surface area contributed by atoms with Gasteiger partial charge < -0.3 is 10.6 Å². The summed E-state index contributed by atoms with van der Waals surface area (Å²) in [6.45, 7) is 2.01. The molecule has 0 unspecified atom stereocenters. The van der Waals surface area contributed by atoms with Crippen LogP contribution in [0.2, 0.25) is 4.34 Å². The lowest BCUT2D eigenvalue weighted by molar-refractivity contribution is -0.119. The molecule has 0 aliphatic heterocycles. The predicted octanol–water partition coefficient (Wildman–Crippen LogP) is 4.79. The third-order valence-corrected chi connectivity index (χ3v) is 6.56. The summed E-state index contributed by atoms with van der Waals surface area (Å²) < 4.78 is 0.735. The van der Waals surface area contributed by atoms with E-state index in [0.717, 1.165) is 24.7 Å². The Kier molecular flexibility index (Phi) is 6.42. The highest BCUT2D eigenvalue weighted by Gasteiger charge is 2.11. The Bertz CT molecular complexity index is 916. The lowest BCUT2D eigenvalue weighted by atomic mass is 10.2. The average molecular weight is 426 g/mol. The normalized spacial score (nSPS) is 10.7. The van der Waals surface area contributed by atoms with Crippen LogP contribution in [-0.4, -0.2) is 16.8 Å². The zero-order valence-corrected chi connectivity index (χ0v) is 17.1. The van der Waals surface area contributed by atoms with Crippen LogP contribution >= 0.6 is 45.6 Å². The van der Waals surface area contributed by atoms with Gasteiger partial charge in [0.25, 0.3) is 0 Å². The van der Waals surface area contributed by atoms with Crippen molar-refractivity contribution in [3.63, 3.8) is 0 Å². The van der Waals surface area contributed by atoms with Gasteiger partial charge in [-0.05, 0) is 30.7 Å². The van der Waals surface area contributed by atoms with Gasteiger partial charge in [0, 0.05) is 28.5 Å². The van der Waals surface area contributed by atoms with Crippen LogP contribution < -0.4 is 10.6 Å². The van der Waals surface area contributed by atoms with Crippen molar-refractivity contribution in [2.45, 2.75) is 26.3 Å². The van der Waals surface area contributed by atoms with Crippen LogP contribution in [0, 0.1) is 0 Å². The molecule has 2 N–H and O–H groups in total. The molecule has 0 aliphatic rings. The predicted molar refractivity (Wildman–Crippen MR) is 109 cm³/mol. The molecule has 0 spiro atoms. The summed E-state index contributed by atoms with van der Waals surface area (Å²) in [6.07, 6.45) is 1.06. The van der Waals surface area contributed by atoms with E-state index in [-0.39, 0.29) is 11.8 Å². The second-order valence-corrected chi connectivity index (χ2v) is 9.29. The number of nitrogens with zero attached hydrogens (tertiary/aromatic N) is 1. The molecule has 0 saturated heterocycles. The Balaban J connectivity index is 1.54. The van der Waals surface area contributed by atoms with Crippen LogP contribution in [0.25, 0.3) is 10.6 Å². The first-order valence-electron chi connectivity index (χ1n) is 7.83. The molecule has 26 heavy (non-hydrogen) atoms. The molecule has 136 valence electrons. The number of hydrogen-bond acceptors (Lipinski definition) is 6. The zero-order valence-electron chi connectivity index (χ0n) is 13.9. The summed E-state index contributed by atoms with van der Waals surface area (Å²) in [6, 6.07) is 7.73. The molecule has 3 rings (SSSR count). The molecule has 0 aromatic carbocycles. The van der Waals surface area contributed by atoms with Gasteiger partial charge in [0.05, 0.1) is 21.5 Å². The highest BCUT2D eigenvalue weighted by molar-refractivity contribution is 7.17. The van der Waals surface area contributed by atoms with Crippen molar-refractivity contribution in [1.29, 1.82) is 0 Å². The van der Waals surface area contributed by atoms with E-state index in [1.54, 1.807) is 11.3 Å². The first kappa shape index (κ1) is 19.0. The number of aromatic nitrogens is 1. The van der Waals surface area contributed by atoms with Crippen LogP contribution in [0.5, 0.6) is 0 Å². The summed E-state index contributed by atoms with van der Waals surface area (Å²) in [4.78, 5) is 30.7. The maximum absolute atomic E-state index is 12.1. The first-order valence-corrected chi connectivity index (χ1v) is 10.7. The van der Waals surface area contributed by atoms with E-state index < -0.39 is 0 Å². The molecule has 9 heteroatoms. The van der Waals surface area contributed by atoms with Gasteiger partial charge in [-0.3, -0.25) is 9.59 Å². The number of aryl methyl sites for hydroxylation is 1. The smallest absolute Gasteiger partial charge is 0.226 e. The molecule has 3 aromatic heterocycles. The highest BCUT2D eigenvalue weighted by Crippen LogP contribution is 2.31. The lowest BCUT2D eigenvalue weighted by Crippen LogP contribution is -2.17. The second-order valence-electron chi connectivity index (χ2n) is 5.47. The summed E-state index contributed by atoms with van der Waals surface area (Å²) in [5, 5.41) is 8.13. The Morgan fingerprint density at radius 1 is 1.15 bits per heavy atom. The maximum Gasteiger partial charge on any atom is 0.226 e. The Morgan fingerprint density at radius 2 is 1.96 bits per heavy atom. The SMILES string of the molecule is CC(=O)NCc1ccc(-c2csc(NC(=O)CCc3ccc(Cl)s3)n2)s1. The van der Waals surface area contributed by atoms with Gasteiger partial charge in [0.1, 0.15) is 0 Å². The summed E-state index contributed by atoms with van der Waals surface area (Å²) in [7, 11) is 0. The minimum absolute atomic E-state index is 0.0524. The van der Waals surface area contributed by atoms with Crippen molar-refractivity contribution in [2.75, 3.05) is 5.32 Å². The molecule has 0 radical (unpaired) electrons. The zero-order chi connectivity index (χ0) is 18.5. The van der Waals surface area contributed by atoms with E-state index in [1.165, 1.54) is 29.6 Å². The van der Waals surface area contributed by atoms with Gasteiger partial charge in [-0.15, -0.1) is 34.0 Å². The van der Waals surface area contributed by atoms with Crippen LogP contribution in [0.3, 0.4) is 0 Å². The number of carbonyl (C=O) groups excluding carboxylic acids is 2. The molecule has 0 atom stereocenters. The number of anilines is 1. The van der Waals surface area contributed by atoms with Crippen LogP contribution in [-0.2, 0) is 22.6 Å². The number of hydrogen-bond donors (Lipinski definition) is 2. The number of nitrogens with one attached hydrogen (secondary N) is 2. The van der Waals surface area contributed by atoms with Crippen LogP contribution in [0.1, 0.15) is 23.1 Å². The lowest BCUT2D eigenvalue weighted by Gasteiger charge is -2.00. The van der Waals surface area contributed by atoms with Gasteiger partial charge in [-0.1, -0.05) is 11.6 Å². The number of amides is 2. The molecular weight excluding hydrogens is 410 g/mol. The Labute approximate surface area is 168 Å². The summed E-state index contributed by atoms with van der Waals surface area (Å²) >= 11 is 10.4. The Hall–Kier alpha value is -1.74. The molecule has 3 aromatic rings. The topological polar surface area (TPSA) is 71.1 Å². The van der Waals surface area contributed by atoms with Gasteiger partial charge in [0.15, 0.2) is 5.13 Å². The fourth-order valence-corrected chi connectivity index (χ4v) is 4.97. The molecule has 0 fully saturated rings. The fourth-order valence-electron chi connectivity index (χ4n) is 2.17. The van der Waals surface area contributed by atoms with E-state index in [4.69, 9.17) is 11.6 Å². The average Bonchev–Trinajstić information content (AvgIpc) is 3.31.